The van der Waals surface area contributed by atoms with Crippen LogP contribution in [0.15, 0.2) is 14.9 Å². The van der Waals surface area contributed by atoms with E-state index in [1.807, 2.05) is 19.2 Å². The Hall–Kier alpha value is -1.41. The van der Waals surface area contributed by atoms with Crippen LogP contribution in [0.5, 0.6) is 6.01 Å². The van der Waals surface area contributed by atoms with E-state index in [4.69, 9.17) is 4.74 Å². The van der Waals surface area contributed by atoms with Gasteiger partial charge < -0.3 is 10.1 Å². The molecule has 2 aromatic heterocycles. The van der Waals surface area contributed by atoms with Gasteiger partial charge in [-0.25, -0.2) is 4.98 Å². The Morgan fingerprint density at radius 3 is 2.79 bits per heavy atom. The van der Waals surface area contributed by atoms with Crippen molar-refractivity contribution >= 4 is 29.0 Å². The summed E-state index contributed by atoms with van der Waals surface area (Å²) in [5.41, 5.74) is 0.998. The molecule has 19 heavy (non-hydrogen) atoms. The number of hydrogen-bond acceptors (Lipinski definition) is 8. The van der Waals surface area contributed by atoms with E-state index in [1.165, 1.54) is 11.8 Å². The summed E-state index contributed by atoms with van der Waals surface area (Å²) < 4.78 is 6.36. The lowest BCUT2D eigenvalue weighted by Gasteiger charge is -2.06. The molecule has 0 aliphatic carbocycles. The summed E-state index contributed by atoms with van der Waals surface area (Å²) in [5, 5.41) is 5.48. The lowest BCUT2D eigenvalue weighted by atomic mass is 10.5. The van der Waals surface area contributed by atoms with Crippen LogP contribution in [-0.2, 0) is 0 Å². The normalized spacial score (nSPS) is 10.5. The van der Waals surface area contributed by atoms with Crippen molar-refractivity contribution in [2.24, 2.45) is 0 Å². The van der Waals surface area contributed by atoms with Crippen molar-refractivity contribution in [3.05, 3.63) is 11.1 Å². The second kappa shape index (κ2) is 6.67. The van der Waals surface area contributed by atoms with E-state index in [0.29, 0.717) is 23.7 Å². The van der Waals surface area contributed by atoms with Crippen LogP contribution in [0, 0.1) is 6.92 Å². The van der Waals surface area contributed by atoms with E-state index >= 15 is 0 Å². The monoisotopic (exact) mass is 297 g/mol. The molecule has 0 atom stereocenters. The first-order chi connectivity index (χ1) is 9.21. The molecule has 0 unspecified atom stereocenters. The molecule has 0 bridgehead atoms. The van der Waals surface area contributed by atoms with Gasteiger partial charge in [0.05, 0.1) is 6.61 Å². The predicted molar refractivity (Wildman–Crippen MR) is 76.1 cm³/mol. The predicted octanol–water partition coefficient (Wildman–Crippen LogP) is 2.62. The van der Waals surface area contributed by atoms with E-state index in [1.54, 1.807) is 18.4 Å². The topological polar surface area (TPSA) is 72.8 Å². The van der Waals surface area contributed by atoms with Gasteiger partial charge in [0.15, 0.2) is 4.34 Å². The molecular formula is C11H15N5OS2. The third-order valence-corrected chi connectivity index (χ3v) is 3.95. The molecule has 0 radical (unpaired) electrons. The van der Waals surface area contributed by atoms with Gasteiger partial charge in [-0.2, -0.15) is 15.0 Å². The minimum Gasteiger partial charge on any atom is -0.463 e. The Morgan fingerprint density at radius 2 is 2.16 bits per heavy atom. The smallest absolute Gasteiger partial charge is 0.322 e. The van der Waals surface area contributed by atoms with Crippen LogP contribution in [0.4, 0.5) is 5.95 Å². The highest BCUT2D eigenvalue weighted by Gasteiger charge is 2.10. The molecule has 102 valence electrons. The fourth-order valence-electron chi connectivity index (χ4n) is 1.21. The van der Waals surface area contributed by atoms with Gasteiger partial charge in [-0.3, -0.25) is 0 Å². The van der Waals surface area contributed by atoms with E-state index in [2.05, 4.69) is 25.3 Å². The van der Waals surface area contributed by atoms with Gasteiger partial charge >= 0.3 is 6.01 Å². The second-order valence-electron chi connectivity index (χ2n) is 3.68. The highest BCUT2D eigenvalue weighted by Crippen LogP contribution is 2.28. The van der Waals surface area contributed by atoms with Gasteiger partial charge in [0.25, 0.3) is 0 Å². The minimum absolute atomic E-state index is 0.344. The highest BCUT2D eigenvalue weighted by molar-refractivity contribution is 8.00. The Kier molecular flexibility index (Phi) is 4.92. The van der Waals surface area contributed by atoms with E-state index in [9.17, 15) is 0 Å². The maximum absolute atomic E-state index is 5.45. The molecule has 2 heterocycles. The molecule has 0 aliphatic heterocycles. The van der Waals surface area contributed by atoms with Crippen LogP contribution >= 0.6 is 23.1 Å². The lowest BCUT2D eigenvalue weighted by molar-refractivity contribution is 0.288. The molecule has 8 heteroatoms. The summed E-state index contributed by atoms with van der Waals surface area (Å²) in [4.78, 5) is 17.1. The molecule has 1 N–H and O–H groups in total. The van der Waals surface area contributed by atoms with Crippen LogP contribution in [-0.4, -0.2) is 33.6 Å². The quantitative estimate of drug-likeness (QED) is 0.878. The van der Waals surface area contributed by atoms with Gasteiger partial charge in [-0.15, -0.1) is 11.3 Å². The maximum atomic E-state index is 5.45. The van der Waals surface area contributed by atoms with Gasteiger partial charge in [0, 0.05) is 18.1 Å². The molecular weight excluding hydrogens is 282 g/mol. The molecule has 0 amide bonds. The number of hydrogen-bond donors (Lipinski definition) is 1. The fourth-order valence-corrected chi connectivity index (χ4v) is 2.89. The number of rotatable bonds is 6. The van der Waals surface area contributed by atoms with E-state index < -0.39 is 0 Å². The SMILES string of the molecule is CCCOc1nc(NC)nc(Sc2nc(C)cs2)n1. The first-order valence-corrected chi connectivity index (χ1v) is 7.57. The third kappa shape index (κ3) is 4.03. The van der Waals surface area contributed by atoms with Crippen LogP contribution in [0.1, 0.15) is 19.0 Å². The molecule has 0 saturated heterocycles. The van der Waals surface area contributed by atoms with Crippen molar-refractivity contribution in [3.63, 3.8) is 0 Å². The molecule has 0 aliphatic rings. The van der Waals surface area contributed by atoms with E-state index in [-0.39, 0.29) is 0 Å². The van der Waals surface area contributed by atoms with Crippen LogP contribution in [0.3, 0.4) is 0 Å². The average Bonchev–Trinajstić information content (AvgIpc) is 2.81. The summed E-state index contributed by atoms with van der Waals surface area (Å²) in [5.74, 6) is 0.497. The molecule has 6 nitrogen and oxygen atoms in total. The summed E-state index contributed by atoms with van der Waals surface area (Å²) in [6, 6.07) is 0.344. The summed E-state index contributed by atoms with van der Waals surface area (Å²) >= 11 is 2.98. The Labute approximate surface area is 120 Å². The zero-order valence-corrected chi connectivity index (χ0v) is 12.6. The number of anilines is 1. The highest BCUT2D eigenvalue weighted by atomic mass is 32.2. The number of thiazole rings is 1. The van der Waals surface area contributed by atoms with Gasteiger partial charge in [0.1, 0.15) is 0 Å². The molecule has 0 fully saturated rings. The molecule has 2 aromatic rings. The van der Waals surface area contributed by atoms with Crippen molar-refractivity contribution in [2.75, 3.05) is 19.0 Å². The molecule has 2 rings (SSSR count). The number of ether oxygens (including phenoxy) is 1. The Balaban J connectivity index is 2.18. The van der Waals surface area contributed by atoms with E-state index in [0.717, 1.165) is 16.5 Å². The third-order valence-electron chi connectivity index (χ3n) is 2.03. The van der Waals surface area contributed by atoms with Gasteiger partial charge in [-0.05, 0) is 25.1 Å². The van der Waals surface area contributed by atoms with Crippen LogP contribution < -0.4 is 10.1 Å². The number of nitrogens with one attached hydrogen (secondary N) is 1. The molecule has 0 aromatic carbocycles. The summed E-state index contributed by atoms with van der Waals surface area (Å²) in [6.45, 7) is 4.59. The Bertz CT molecular complexity index is 546. The standard InChI is InChI=1S/C11H15N5OS2/c1-4-5-17-9-14-8(12-3)15-10(16-9)19-11-13-7(2)6-18-11/h6H,4-5H2,1-3H3,(H,12,14,15,16). The van der Waals surface area contributed by atoms with Gasteiger partial charge in [0.2, 0.25) is 11.1 Å². The average molecular weight is 297 g/mol. The first-order valence-electron chi connectivity index (χ1n) is 5.88. The first kappa shape index (κ1) is 14.0. The number of aromatic nitrogens is 4. The zero-order valence-electron chi connectivity index (χ0n) is 11.0. The van der Waals surface area contributed by atoms with Crippen LogP contribution in [0.2, 0.25) is 0 Å². The molecule has 0 saturated carbocycles. The van der Waals surface area contributed by atoms with Crippen LogP contribution in [0.25, 0.3) is 0 Å². The fraction of sp³-hybridized carbons (Fsp3) is 0.455. The van der Waals surface area contributed by atoms with Gasteiger partial charge in [-0.1, -0.05) is 6.92 Å². The molecule has 0 spiro atoms. The number of aryl methyl sites for hydroxylation is 1. The minimum atomic E-state index is 0.344. The van der Waals surface area contributed by atoms with Crippen molar-refractivity contribution in [2.45, 2.75) is 29.8 Å². The summed E-state index contributed by atoms with van der Waals surface area (Å²) in [6.07, 6.45) is 0.911. The summed E-state index contributed by atoms with van der Waals surface area (Å²) in [7, 11) is 1.76. The largest absolute Gasteiger partial charge is 0.463 e. The number of nitrogens with zero attached hydrogens (tertiary/aromatic N) is 4. The second-order valence-corrected chi connectivity index (χ2v) is 5.75. The zero-order chi connectivity index (χ0) is 13.7. The van der Waals surface area contributed by atoms with Crippen molar-refractivity contribution in [3.8, 4) is 6.01 Å². The Morgan fingerprint density at radius 1 is 1.32 bits per heavy atom. The van der Waals surface area contributed by atoms with Crippen molar-refractivity contribution in [1.29, 1.82) is 0 Å². The maximum Gasteiger partial charge on any atom is 0.322 e. The van der Waals surface area contributed by atoms with Crippen molar-refractivity contribution < 1.29 is 4.74 Å². The lowest BCUT2D eigenvalue weighted by Crippen LogP contribution is -2.05. The van der Waals surface area contributed by atoms with Crippen molar-refractivity contribution in [1.82, 2.24) is 19.9 Å².